The van der Waals surface area contributed by atoms with Crippen LogP contribution in [0.5, 0.6) is 0 Å². The quantitative estimate of drug-likeness (QED) is 0.339. The van der Waals surface area contributed by atoms with E-state index in [0.717, 1.165) is 22.3 Å². The number of rotatable bonds is 6. The van der Waals surface area contributed by atoms with E-state index in [1.807, 2.05) is 48.5 Å². The summed E-state index contributed by atoms with van der Waals surface area (Å²) in [7, 11) is 0. The van der Waals surface area contributed by atoms with Crippen LogP contribution in [0.2, 0.25) is 0 Å². The number of fused-ring (bicyclic) bond motifs is 3. The lowest BCUT2D eigenvalue weighted by Gasteiger charge is -2.14. The molecule has 0 radical (unpaired) electrons. The van der Waals surface area contributed by atoms with Gasteiger partial charge >= 0.3 is 12.1 Å². The summed E-state index contributed by atoms with van der Waals surface area (Å²) in [6, 6.07) is 23.4. The van der Waals surface area contributed by atoms with E-state index in [2.05, 4.69) is 10.6 Å². The van der Waals surface area contributed by atoms with Crippen molar-refractivity contribution in [2.24, 2.45) is 0 Å². The Morgan fingerprint density at radius 1 is 0.800 bits per heavy atom. The topological polar surface area (TPSA) is 118 Å². The van der Waals surface area contributed by atoms with E-state index in [4.69, 9.17) is 9.15 Å². The Morgan fingerprint density at radius 2 is 1.43 bits per heavy atom. The minimum atomic E-state index is -1.18. The molecule has 1 aromatic heterocycles. The number of para-hydroxylation sites is 1. The lowest BCUT2D eigenvalue weighted by atomic mass is 9.98. The standard InChI is InChI=1S/C27H20N2O6/c30-25(28-22-12-6-5-11-20(22)26(31)32)24-23(13-14-34-24)29-27(33)35-15-21-18-9-3-1-7-16(18)17-8-2-4-10-19(17)21/h1-14,21H,15H2,(H,28,30)(H,29,33)(H,31,32). The van der Waals surface area contributed by atoms with E-state index in [1.54, 1.807) is 12.1 Å². The number of carbonyl (C=O) groups excluding carboxylic acids is 2. The number of carbonyl (C=O) groups is 3. The number of carboxylic acids is 1. The minimum absolute atomic E-state index is 0.0709. The van der Waals surface area contributed by atoms with E-state index in [0.29, 0.717) is 0 Å². The molecule has 0 fully saturated rings. The average molecular weight is 468 g/mol. The molecule has 35 heavy (non-hydrogen) atoms. The van der Waals surface area contributed by atoms with Crippen molar-refractivity contribution >= 4 is 29.3 Å². The molecule has 0 atom stereocenters. The fraction of sp³-hybridized carbons (Fsp3) is 0.0741. The molecule has 3 N–H and O–H groups in total. The fourth-order valence-corrected chi connectivity index (χ4v) is 4.29. The van der Waals surface area contributed by atoms with Crippen molar-refractivity contribution in [3.63, 3.8) is 0 Å². The number of carboxylic acid groups (broad SMARTS) is 1. The highest BCUT2D eigenvalue weighted by Gasteiger charge is 2.29. The number of hydrogen-bond donors (Lipinski definition) is 3. The number of nitrogens with one attached hydrogen (secondary N) is 2. The van der Waals surface area contributed by atoms with Gasteiger partial charge in [-0.25, -0.2) is 9.59 Å². The molecule has 1 aliphatic rings. The van der Waals surface area contributed by atoms with Gasteiger partial charge in [-0.3, -0.25) is 10.1 Å². The van der Waals surface area contributed by atoms with Crippen LogP contribution in [-0.2, 0) is 4.74 Å². The van der Waals surface area contributed by atoms with Crippen LogP contribution in [0.4, 0.5) is 16.2 Å². The first-order valence-corrected chi connectivity index (χ1v) is 10.9. The Morgan fingerprint density at radius 3 is 2.11 bits per heavy atom. The number of amides is 2. The van der Waals surface area contributed by atoms with Crippen LogP contribution in [0.15, 0.2) is 89.5 Å². The first-order valence-electron chi connectivity index (χ1n) is 10.9. The highest BCUT2D eigenvalue weighted by Crippen LogP contribution is 2.44. The van der Waals surface area contributed by atoms with Crippen molar-refractivity contribution in [1.82, 2.24) is 0 Å². The third kappa shape index (κ3) is 4.24. The molecule has 0 aliphatic heterocycles. The molecular weight excluding hydrogens is 448 g/mol. The molecule has 0 saturated heterocycles. The van der Waals surface area contributed by atoms with Gasteiger partial charge in [0.05, 0.1) is 23.2 Å². The van der Waals surface area contributed by atoms with Crippen molar-refractivity contribution < 1.29 is 28.6 Å². The zero-order chi connectivity index (χ0) is 24.4. The van der Waals surface area contributed by atoms with Gasteiger partial charge in [0.15, 0.2) is 0 Å². The largest absolute Gasteiger partial charge is 0.478 e. The van der Waals surface area contributed by atoms with E-state index >= 15 is 0 Å². The third-order valence-corrected chi connectivity index (χ3v) is 5.86. The third-order valence-electron chi connectivity index (χ3n) is 5.86. The maximum Gasteiger partial charge on any atom is 0.411 e. The summed E-state index contributed by atoms with van der Waals surface area (Å²) in [6.45, 7) is 0.116. The molecule has 0 spiro atoms. The molecule has 4 aromatic rings. The summed E-state index contributed by atoms with van der Waals surface area (Å²) in [4.78, 5) is 36.7. The molecule has 174 valence electrons. The highest BCUT2D eigenvalue weighted by molar-refractivity contribution is 6.10. The predicted octanol–water partition coefficient (Wildman–Crippen LogP) is 5.59. The molecule has 0 unspecified atom stereocenters. The zero-order valence-corrected chi connectivity index (χ0v) is 18.4. The Hall–Kier alpha value is -4.85. The summed E-state index contributed by atoms with van der Waals surface area (Å²) < 4.78 is 10.8. The molecule has 1 aliphatic carbocycles. The number of benzene rings is 3. The van der Waals surface area contributed by atoms with E-state index in [9.17, 15) is 19.5 Å². The van der Waals surface area contributed by atoms with E-state index < -0.39 is 18.0 Å². The van der Waals surface area contributed by atoms with Crippen molar-refractivity contribution in [1.29, 1.82) is 0 Å². The van der Waals surface area contributed by atoms with Crippen molar-refractivity contribution in [2.45, 2.75) is 5.92 Å². The summed E-state index contributed by atoms with van der Waals surface area (Å²) in [5.74, 6) is -2.18. The van der Waals surface area contributed by atoms with Gasteiger partial charge in [-0.1, -0.05) is 60.7 Å². The van der Waals surface area contributed by atoms with Crippen LogP contribution >= 0.6 is 0 Å². The van der Waals surface area contributed by atoms with Crippen LogP contribution in [-0.4, -0.2) is 29.7 Å². The predicted molar refractivity (Wildman–Crippen MR) is 129 cm³/mol. The Labute approximate surface area is 200 Å². The second kappa shape index (κ2) is 9.18. The van der Waals surface area contributed by atoms with Gasteiger partial charge in [-0.05, 0) is 34.4 Å². The van der Waals surface area contributed by atoms with Crippen LogP contribution in [0.25, 0.3) is 11.1 Å². The van der Waals surface area contributed by atoms with Crippen LogP contribution < -0.4 is 10.6 Å². The number of anilines is 2. The van der Waals surface area contributed by atoms with Gasteiger partial charge in [-0.15, -0.1) is 0 Å². The molecule has 2 amide bonds. The summed E-state index contributed by atoms with van der Waals surface area (Å²) in [6.07, 6.45) is 0.505. The smallest absolute Gasteiger partial charge is 0.411 e. The number of hydrogen-bond acceptors (Lipinski definition) is 5. The first-order chi connectivity index (χ1) is 17.0. The van der Waals surface area contributed by atoms with Gasteiger partial charge < -0.3 is 19.6 Å². The second-order valence-electron chi connectivity index (χ2n) is 7.92. The second-order valence-corrected chi connectivity index (χ2v) is 7.92. The molecule has 8 nitrogen and oxygen atoms in total. The van der Waals surface area contributed by atoms with Crippen LogP contribution in [0.3, 0.4) is 0 Å². The van der Waals surface area contributed by atoms with Crippen LogP contribution in [0, 0.1) is 0 Å². The number of furan rings is 1. The Balaban J connectivity index is 1.27. The molecule has 0 bridgehead atoms. The maximum atomic E-state index is 12.7. The molecule has 5 rings (SSSR count). The Bertz CT molecular complexity index is 1400. The summed E-state index contributed by atoms with van der Waals surface area (Å²) >= 11 is 0. The van der Waals surface area contributed by atoms with Gasteiger partial charge in [0.25, 0.3) is 5.91 Å². The highest BCUT2D eigenvalue weighted by atomic mass is 16.5. The monoisotopic (exact) mass is 468 g/mol. The summed E-state index contributed by atoms with van der Waals surface area (Å²) in [5, 5.41) is 14.3. The van der Waals surface area contributed by atoms with Crippen molar-refractivity contribution in [2.75, 3.05) is 17.2 Å². The molecule has 8 heteroatoms. The first kappa shape index (κ1) is 22.0. The van der Waals surface area contributed by atoms with Gasteiger partial charge in [-0.2, -0.15) is 0 Å². The fourth-order valence-electron chi connectivity index (χ4n) is 4.29. The van der Waals surface area contributed by atoms with E-state index in [-0.39, 0.29) is 35.2 Å². The van der Waals surface area contributed by atoms with Crippen molar-refractivity contribution in [3.8, 4) is 11.1 Å². The Kier molecular flexibility index (Phi) is 5.76. The average Bonchev–Trinajstić information content (AvgIpc) is 3.45. The summed E-state index contributed by atoms with van der Waals surface area (Å²) in [5.41, 5.74) is 4.54. The van der Waals surface area contributed by atoms with Crippen molar-refractivity contribution in [3.05, 3.63) is 108 Å². The number of ether oxygens (including phenoxy) is 1. The lowest BCUT2D eigenvalue weighted by molar-refractivity contribution is 0.0698. The van der Waals surface area contributed by atoms with Gasteiger partial charge in [0.2, 0.25) is 5.76 Å². The van der Waals surface area contributed by atoms with E-state index in [1.165, 1.54) is 24.5 Å². The number of aromatic carboxylic acids is 1. The van der Waals surface area contributed by atoms with Gasteiger partial charge in [0.1, 0.15) is 6.61 Å². The van der Waals surface area contributed by atoms with Gasteiger partial charge in [0, 0.05) is 12.0 Å². The minimum Gasteiger partial charge on any atom is -0.478 e. The molecule has 0 saturated carbocycles. The zero-order valence-electron chi connectivity index (χ0n) is 18.4. The molecule has 3 aromatic carbocycles. The maximum absolute atomic E-state index is 12.7. The SMILES string of the molecule is O=C(Nc1ccoc1C(=O)Nc1ccccc1C(=O)O)OCC1c2ccccc2-c2ccccc21. The normalized spacial score (nSPS) is 11.9. The molecule has 1 heterocycles. The molecular formula is C27H20N2O6. The lowest BCUT2D eigenvalue weighted by Crippen LogP contribution is -2.20. The van der Waals surface area contributed by atoms with Crippen LogP contribution in [0.1, 0.15) is 38.0 Å².